The molecule has 0 spiro atoms. The van der Waals surface area contributed by atoms with E-state index >= 15 is 0 Å². The fourth-order valence-electron chi connectivity index (χ4n) is 2.83. The van der Waals surface area contributed by atoms with Crippen molar-refractivity contribution in [1.29, 1.82) is 0 Å². The third kappa shape index (κ3) is 2.52. The van der Waals surface area contributed by atoms with Gasteiger partial charge >= 0.3 is 5.91 Å². The number of hydrogen-bond acceptors (Lipinski definition) is 3. The molecule has 0 saturated heterocycles. The summed E-state index contributed by atoms with van der Waals surface area (Å²) in [5.74, 6) is 1.26. The molecule has 1 aliphatic carbocycles. The maximum atomic E-state index is 12.9. The molecule has 110 valence electrons. The van der Waals surface area contributed by atoms with E-state index < -0.39 is 0 Å². The van der Waals surface area contributed by atoms with Crippen LogP contribution < -0.4 is 15.0 Å². The van der Waals surface area contributed by atoms with Crippen LogP contribution in [0.25, 0.3) is 0 Å². The largest absolute Gasteiger partial charge is 0.497 e. The summed E-state index contributed by atoms with van der Waals surface area (Å²) in [6.07, 6.45) is 8.09. The molecule has 4 nitrogen and oxygen atoms in total. The molecule has 21 heavy (non-hydrogen) atoms. The number of benzene rings is 1. The Morgan fingerprint density at radius 1 is 1.33 bits per heavy atom. The van der Waals surface area contributed by atoms with Crippen LogP contribution in [0.4, 0.5) is 5.69 Å². The molecule has 1 heterocycles. The molecule has 0 radical (unpaired) electrons. The molecule has 1 aliphatic heterocycles. The van der Waals surface area contributed by atoms with Gasteiger partial charge in [0.05, 0.1) is 13.0 Å². The predicted molar refractivity (Wildman–Crippen MR) is 83.7 cm³/mol. The topological polar surface area (TPSA) is 52.3 Å². The van der Waals surface area contributed by atoms with Crippen molar-refractivity contribution in [3.63, 3.8) is 0 Å². The second-order valence-electron chi connectivity index (χ2n) is 5.67. The van der Waals surface area contributed by atoms with Crippen molar-refractivity contribution in [2.24, 2.45) is 11.7 Å². The second-order valence-corrected chi connectivity index (χ2v) is 5.67. The van der Waals surface area contributed by atoms with Gasteiger partial charge in [0.25, 0.3) is 0 Å². The maximum absolute atomic E-state index is 12.9. The number of carbonyl (C=O) groups excluding carboxylic acids is 1. The van der Waals surface area contributed by atoms with Crippen LogP contribution in [-0.2, 0) is 4.79 Å². The molecule has 1 unspecified atom stereocenters. The van der Waals surface area contributed by atoms with Gasteiger partial charge in [-0.05, 0) is 31.1 Å². The number of amides is 1. The summed E-state index contributed by atoms with van der Waals surface area (Å²) >= 11 is 0. The lowest BCUT2D eigenvalue weighted by atomic mass is 10.1. The lowest BCUT2D eigenvalue weighted by Gasteiger charge is -2.33. The first-order valence-electron chi connectivity index (χ1n) is 7.35. The van der Waals surface area contributed by atoms with E-state index in [4.69, 9.17) is 10.5 Å². The van der Waals surface area contributed by atoms with E-state index in [1.54, 1.807) is 7.11 Å². The summed E-state index contributed by atoms with van der Waals surface area (Å²) in [6.45, 7) is 1.11. The SMILES string of the molecule is COc1ccc([N+]2(C(=O)C3CC3)C=C(CN)C=CC2)cc1. The Morgan fingerprint density at radius 2 is 2.05 bits per heavy atom. The van der Waals surface area contributed by atoms with Gasteiger partial charge in [-0.3, -0.25) is 0 Å². The summed E-state index contributed by atoms with van der Waals surface area (Å²) in [6, 6.07) is 7.76. The van der Waals surface area contributed by atoms with Crippen LogP contribution in [0.1, 0.15) is 12.8 Å². The molecule has 4 heteroatoms. The molecule has 2 N–H and O–H groups in total. The van der Waals surface area contributed by atoms with Crippen LogP contribution in [0.15, 0.2) is 48.2 Å². The van der Waals surface area contributed by atoms with E-state index in [0.717, 1.165) is 29.9 Å². The van der Waals surface area contributed by atoms with Crippen molar-refractivity contribution in [3.8, 4) is 5.75 Å². The van der Waals surface area contributed by atoms with Crippen LogP contribution >= 0.6 is 0 Å². The number of ether oxygens (including phenoxy) is 1. The maximum Gasteiger partial charge on any atom is 0.326 e. The monoisotopic (exact) mass is 285 g/mol. The van der Waals surface area contributed by atoms with Crippen molar-refractivity contribution in [1.82, 2.24) is 4.48 Å². The van der Waals surface area contributed by atoms with Crippen LogP contribution in [0.2, 0.25) is 0 Å². The Balaban J connectivity index is 2.05. The number of carbonyl (C=O) groups is 1. The summed E-state index contributed by atoms with van der Waals surface area (Å²) in [5, 5.41) is 0. The molecule has 3 rings (SSSR count). The van der Waals surface area contributed by atoms with E-state index in [1.165, 1.54) is 0 Å². The van der Waals surface area contributed by atoms with E-state index in [0.29, 0.717) is 13.1 Å². The van der Waals surface area contributed by atoms with E-state index in [2.05, 4.69) is 0 Å². The summed E-state index contributed by atoms with van der Waals surface area (Å²) < 4.78 is 5.46. The highest BCUT2D eigenvalue weighted by atomic mass is 16.5. The fourth-order valence-corrected chi connectivity index (χ4v) is 2.83. The third-order valence-corrected chi connectivity index (χ3v) is 4.20. The molecule has 0 bridgehead atoms. The number of nitrogens with zero attached hydrogens (tertiary/aromatic N) is 1. The summed E-state index contributed by atoms with van der Waals surface area (Å²) in [5.41, 5.74) is 7.76. The third-order valence-electron chi connectivity index (χ3n) is 4.20. The molecular weight excluding hydrogens is 264 g/mol. The fraction of sp³-hybridized carbons (Fsp3) is 0.353. The minimum atomic E-state index is 0.189. The lowest BCUT2D eigenvalue weighted by Crippen LogP contribution is -2.52. The average molecular weight is 285 g/mol. The van der Waals surface area contributed by atoms with Gasteiger partial charge in [-0.15, -0.1) is 0 Å². The standard InChI is InChI=1S/C17H21N2O2/c1-21-16-8-6-15(7-9-16)19(17(20)14-4-5-14)10-2-3-13(11-18)12-19/h2-3,6-9,12,14H,4-5,10-11,18H2,1H3/q+1. The van der Waals surface area contributed by atoms with Crippen molar-refractivity contribution in [2.45, 2.75) is 12.8 Å². The van der Waals surface area contributed by atoms with Gasteiger partial charge in [-0.2, -0.15) is 4.48 Å². The summed E-state index contributed by atoms with van der Waals surface area (Å²) in [4.78, 5) is 12.9. The predicted octanol–water partition coefficient (Wildman–Crippen LogP) is 2.35. The highest BCUT2D eigenvalue weighted by Gasteiger charge is 2.47. The Labute approximate surface area is 125 Å². The normalized spacial score (nSPS) is 24.6. The zero-order chi connectivity index (χ0) is 14.9. The molecule has 2 aliphatic rings. The second kappa shape index (κ2) is 5.47. The first-order valence-corrected chi connectivity index (χ1v) is 7.35. The van der Waals surface area contributed by atoms with Gasteiger partial charge in [-0.25, -0.2) is 4.79 Å². The van der Waals surface area contributed by atoms with Crippen LogP contribution in [0.5, 0.6) is 5.75 Å². The van der Waals surface area contributed by atoms with Gasteiger partial charge in [-0.1, -0.05) is 6.08 Å². The molecule has 0 aromatic heterocycles. The van der Waals surface area contributed by atoms with Gasteiger partial charge in [0.1, 0.15) is 24.2 Å². The molecule has 1 fully saturated rings. The van der Waals surface area contributed by atoms with Gasteiger partial charge in [0.15, 0.2) is 0 Å². The van der Waals surface area contributed by atoms with Crippen molar-refractivity contribution >= 4 is 11.6 Å². The zero-order valence-corrected chi connectivity index (χ0v) is 12.3. The number of rotatable bonds is 4. The highest BCUT2D eigenvalue weighted by molar-refractivity contribution is 5.94. The number of quaternary nitrogens is 1. The molecule has 1 aromatic carbocycles. The first kappa shape index (κ1) is 14.0. The molecule has 1 saturated carbocycles. The minimum absolute atomic E-state index is 0.189. The highest BCUT2D eigenvalue weighted by Crippen LogP contribution is 2.39. The van der Waals surface area contributed by atoms with E-state index in [-0.39, 0.29) is 16.3 Å². The van der Waals surface area contributed by atoms with E-state index in [1.807, 2.05) is 42.6 Å². The summed E-state index contributed by atoms with van der Waals surface area (Å²) in [7, 11) is 1.64. The Bertz CT molecular complexity index is 600. The van der Waals surface area contributed by atoms with Gasteiger partial charge < -0.3 is 10.5 Å². The minimum Gasteiger partial charge on any atom is -0.497 e. The van der Waals surface area contributed by atoms with Gasteiger partial charge in [0.2, 0.25) is 0 Å². The zero-order valence-electron chi connectivity index (χ0n) is 12.3. The molecule has 1 aromatic rings. The van der Waals surface area contributed by atoms with Crippen LogP contribution in [0, 0.1) is 5.92 Å². The quantitative estimate of drug-likeness (QED) is 0.864. The van der Waals surface area contributed by atoms with E-state index in [9.17, 15) is 4.79 Å². The van der Waals surface area contributed by atoms with Crippen molar-refractivity contribution < 1.29 is 9.53 Å². The molecular formula is C17H21N2O2+. The number of methoxy groups -OCH3 is 1. The average Bonchev–Trinajstić information content (AvgIpc) is 3.39. The number of nitrogens with two attached hydrogens (primary N) is 1. The van der Waals surface area contributed by atoms with Crippen LogP contribution in [-0.4, -0.2) is 26.1 Å². The lowest BCUT2D eigenvalue weighted by molar-refractivity contribution is -0.129. The van der Waals surface area contributed by atoms with Crippen molar-refractivity contribution in [3.05, 3.63) is 48.2 Å². The van der Waals surface area contributed by atoms with Crippen LogP contribution in [0.3, 0.4) is 0 Å². The Morgan fingerprint density at radius 3 is 2.62 bits per heavy atom. The van der Waals surface area contributed by atoms with Gasteiger partial charge in [0, 0.05) is 24.3 Å². The Hall–Kier alpha value is -1.91. The molecule has 1 atom stereocenters. The Kier molecular flexibility index (Phi) is 3.66. The first-order chi connectivity index (χ1) is 10.2. The van der Waals surface area contributed by atoms with Crippen molar-refractivity contribution in [2.75, 3.05) is 20.2 Å². The molecule has 1 amide bonds. The smallest absolute Gasteiger partial charge is 0.326 e. The number of hydrogen-bond donors (Lipinski definition) is 1.